The van der Waals surface area contributed by atoms with Gasteiger partial charge in [-0.25, -0.2) is 0 Å². The Morgan fingerprint density at radius 3 is 2.59 bits per heavy atom. The zero-order valence-electron chi connectivity index (χ0n) is 12.0. The first-order chi connectivity index (χ1) is 10.6. The third-order valence-electron chi connectivity index (χ3n) is 4.82. The molecule has 1 fully saturated rings. The van der Waals surface area contributed by atoms with Crippen molar-refractivity contribution < 1.29 is 19.4 Å². The van der Waals surface area contributed by atoms with Crippen LogP contribution in [0.15, 0.2) is 35.6 Å². The summed E-state index contributed by atoms with van der Waals surface area (Å²) in [5.74, 6) is -0.0419. The van der Waals surface area contributed by atoms with E-state index in [4.69, 9.17) is 4.74 Å². The minimum absolute atomic E-state index is 0.0439. The average Bonchev–Trinajstić information content (AvgIpc) is 2.86. The van der Waals surface area contributed by atoms with Gasteiger partial charge in [0.15, 0.2) is 11.5 Å². The molecule has 2 aliphatic heterocycles. The van der Waals surface area contributed by atoms with Gasteiger partial charge in [-0.15, -0.1) is 0 Å². The summed E-state index contributed by atoms with van der Waals surface area (Å²) in [6.45, 7) is 0. The molecule has 0 saturated heterocycles. The minimum Gasteiger partial charge on any atom is -0.508 e. The van der Waals surface area contributed by atoms with E-state index in [9.17, 15) is 14.7 Å². The normalized spacial score (nSPS) is 30.5. The highest BCUT2D eigenvalue weighted by Crippen LogP contribution is 2.42. The molecule has 1 aromatic rings. The molecule has 1 aromatic carbocycles. The quantitative estimate of drug-likeness (QED) is 0.831. The van der Waals surface area contributed by atoms with Crippen LogP contribution in [0.1, 0.15) is 37.3 Å². The first-order valence-electron chi connectivity index (χ1n) is 7.70. The number of hydrogen-bond acceptors (Lipinski definition) is 4. The van der Waals surface area contributed by atoms with Gasteiger partial charge in [0.25, 0.3) is 5.91 Å². The first-order valence-corrected chi connectivity index (χ1v) is 7.70. The molecule has 0 bridgehead atoms. The number of benzene rings is 1. The van der Waals surface area contributed by atoms with Crippen LogP contribution in [0.25, 0.3) is 0 Å². The van der Waals surface area contributed by atoms with Crippen LogP contribution in [0.3, 0.4) is 0 Å². The molecular weight excluding hydrogens is 282 g/mol. The molecule has 4 rings (SSSR count). The Morgan fingerprint density at radius 1 is 1.09 bits per heavy atom. The van der Waals surface area contributed by atoms with Gasteiger partial charge in [-0.05, 0) is 37.0 Å². The summed E-state index contributed by atoms with van der Waals surface area (Å²) >= 11 is 0. The number of phenols is 1. The molecule has 0 spiro atoms. The van der Waals surface area contributed by atoms with Gasteiger partial charge in [0.2, 0.25) is 0 Å². The average molecular weight is 299 g/mol. The molecule has 22 heavy (non-hydrogen) atoms. The third kappa shape index (κ3) is 1.92. The molecular formula is C17H17NO4. The van der Waals surface area contributed by atoms with Gasteiger partial charge in [0, 0.05) is 0 Å². The number of amides is 1. The standard InChI is InChI=1S/C17H17NO4/c19-10-7-5-9(6-8-10)14-13-15(20)11-3-1-2-4-12(11)22-16(13)17(21)18-14/h5-8,11-12,14,19H,1-4H2,(H,18,21). The lowest BCUT2D eigenvalue weighted by atomic mass is 9.78. The zero-order valence-corrected chi connectivity index (χ0v) is 12.0. The Bertz CT molecular complexity index is 676. The van der Waals surface area contributed by atoms with Crippen molar-refractivity contribution in [2.75, 3.05) is 0 Å². The van der Waals surface area contributed by atoms with Crippen molar-refractivity contribution in [1.82, 2.24) is 5.32 Å². The molecule has 0 radical (unpaired) electrons. The maximum Gasteiger partial charge on any atom is 0.287 e. The van der Waals surface area contributed by atoms with Crippen LogP contribution in [-0.2, 0) is 14.3 Å². The smallest absolute Gasteiger partial charge is 0.287 e. The van der Waals surface area contributed by atoms with E-state index in [-0.39, 0.29) is 35.2 Å². The van der Waals surface area contributed by atoms with E-state index in [1.165, 1.54) is 0 Å². The predicted octanol–water partition coefficient (Wildman–Crippen LogP) is 1.98. The van der Waals surface area contributed by atoms with Gasteiger partial charge < -0.3 is 15.2 Å². The van der Waals surface area contributed by atoms with Crippen molar-refractivity contribution in [1.29, 1.82) is 0 Å². The highest BCUT2D eigenvalue weighted by molar-refractivity contribution is 6.11. The van der Waals surface area contributed by atoms with E-state index in [0.717, 1.165) is 31.2 Å². The summed E-state index contributed by atoms with van der Waals surface area (Å²) < 4.78 is 5.87. The second-order valence-corrected chi connectivity index (χ2v) is 6.15. The number of nitrogens with one attached hydrogen (secondary N) is 1. The van der Waals surface area contributed by atoms with Gasteiger partial charge in [0.05, 0.1) is 17.5 Å². The van der Waals surface area contributed by atoms with Crippen LogP contribution < -0.4 is 5.32 Å². The Morgan fingerprint density at radius 2 is 1.82 bits per heavy atom. The van der Waals surface area contributed by atoms with E-state index in [2.05, 4.69) is 5.32 Å². The zero-order chi connectivity index (χ0) is 15.3. The number of carbonyl (C=O) groups excluding carboxylic acids is 2. The molecule has 3 unspecified atom stereocenters. The summed E-state index contributed by atoms with van der Waals surface area (Å²) in [4.78, 5) is 25.0. The second-order valence-electron chi connectivity index (χ2n) is 6.15. The fraction of sp³-hybridized carbons (Fsp3) is 0.412. The van der Waals surface area contributed by atoms with E-state index in [1.807, 2.05) is 0 Å². The lowest BCUT2D eigenvalue weighted by Crippen LogP contribution is -2.39. The molecule has 114 valence electrons. The van der Waals surface area contributed by atoms with Crippen molar-refractivity contribution in [3.8, 4) is 5.75 Å². The lowest BCUT2D eigenvalue weighted by Gasteiger charge is -2.35. The number of ketones is 1. The largest absolute Gasteiger partial charge is 0.508 e. The van der Waals surface area contributed by atoms with Crippen LogP contribution in [0.4, 0.5) is 0 Å². The number of Topliss-reactive ketones (excluding diaryl/α,β-unsaturated/α-hetero) is 1. The maximum absolute atomic E-state index is 12.9. The van der Waals surface area contributed by atoms with Crippen molar-refractivity contribution in [3.05, 3.63) is 41.2 Å². The molecule has 1 amide bonds. The van der Waals surface area contributed by atoms with Crippen molar-refractivity contribution in [2.45, 2.75) is 37.8 Å². The first kappa shape index (κ1) is 13.4. The molecule has 0 aromatic heterocycles. The van der Waals surface area contributed by atoms with Gasteiger partial charge >= 0.3 is 0 Å². The molecule has 5 nitrogen and oxygen atoms in total. The van der Waals surface area contributed by atoms with Gasteiger partial charge in [-0.2, -0.15) is 0 Å². The Kier molecular flexibility index (Phi) is 2.96. The van der Waals surface area contributed by atoms with Crippen LogP contribution >= 0.6 is 0 Å². The van der Waals surface area contributed by atoms with Crippen LogP contribution in [0.5, 0.6) is 5.75 Å². The summed E-state index contributed by atoms with van der Waals surface area (Å²) in [6, 6.07) is 6.07. The third-order valence-corrected chi connectivity index (χ3v) is 4.82. The van der Waals surface area contributed by atoms with Gasteiger partial charge in [-0.1, -0.05) is 18.6 Å². The molecule has 5 heteroatoms. The fourth-order valence-corrected chi connectivity index (χ4v) is 3.70. The maximum atomic E-state index is 12.9. The Hall–Kier alpha value is -2.30. The highest BCUT2D eigenvalue weighted by Gasteiger charge is 2.48. The van der Waals surface area contributed by atoms with E-state index in [1.54, 1.807) is 24.3 Å². The summed E-state index contributed by atoms with van der Waals surface area (Å²) in [7, 11) is 0. The Labute approximate surface area is 128 Å². The summed E-state index contributed by atoms with van der Waals surface area (Å²) in [5.41, 5.74) is 1.24. The van der Waals surface area contributed by atoms with Crippen molar-refractivity contribution in [3.63, 3.8) is 0 Å². The lowest BCUT2D eigenvalue weighted by molar-refractivity contribution is -0.132. The molecule has 1 aliphatic carbocycles. The topological polar surface area (TPSA) is 75.6 Å². The predicted molar refractivity (Wildman–Crippen MR) is 77.9 cm³/mol. The molecule has 2 heterocycles. The van der Waals surface area contributed by atoms with Gasteiger partial charge in [-0.3, -0.25) is 9.59 Å². The van der Waals surface area contributed by atoms with E-state index in [0.29, 0.717) is 5.57 Å². The number of rotatable bonds is 1. The van der Waals surface area contributed by atoms with E-state index >= 15 is 0 Å². The fourth-order valence-electron chi connectivity index (χ4n) is 3.70. The molecule has 1 saturated carbocycles. The summed E-state index contributed by atoms with van der Waals surface area (Å²) in [6.07, 6.45) is 3.59. The minimum atomic E-state index is -0.474. The van der Waals surface area contributed by atoms with Crippen molar-refractivity contribution >= 4 is 11.7 Å². The summed E-state index contributed by atoms with van der Waals surface area (Å²) in [5, 5.41) is 12.2. The number of ether oxygens (including phenoxy) is 1. The number of hydrogen-bond donors (Lipinski definition) is 2. The number of carbonyl (C=O) groups is 2. The molecule has 2 N–H and O–H groups in total. The Balaban J connectivity index is 1.74. The monoisotopic (exact) mass is 299 g/mol. The van der Waals surface area contributed by atoms with Gasteiger partial charge in [0.1, 0.15) is 11.9 Å². The van der Waals surface area contributed by atoms with Crippen LogP contribution in [0.2, 0.25) is 0 Å². The van der Waals surface area contributed by atoms with Crippen LogP contribution in [0, 0.1) is 5.92 Å². The highest BCUT2D eigenvalue weighted by atomic mass is 16.5. The number of phenolic OH excluding ortho intramolecular Hbond substituents is 1. The number of aromatic hydroxyl groups is 1. The molecule has 3 atom stereocenters. The van der Waals surface area contributed by atoms with E-state index < -0.39 is 6.04 Å². The number of fused-ring (bicyclic) bond motifs is 1. The van der Waals surface area contributed by atoms with Crippen LogP contribution in [-0.4, -0.2) is 22.9 Å². The second kappa shape index (κ2) is 4.87. The molecule has 3 aliphatic rings. The SMILES string of the molecule is O=C1NC(c2ccc(O)cc2)C2=C1OC1CCCCC1C2=O. The van der Waals surface area contributed by atoms with Crippen molar-refractivity contribution in [2.24, 2.45) is 5.92 Å².